The maximum Gasteiger partial charge on any atom is 0.417 e. The normalized spacial score (nSPS) is 18.5. The number of nitrogens with zero attached hydrogens (tertiary/aromatic N) is 1. The third kappa shape index (κ3) is 2.90. The van der Waals surface area contributed by atoms with E-state index < -0.39 is 26.7 Å². The van der Waals surface area contributed by atoms with Crippen molar-refractivity contribution < 1.29 is 26.3 Å². The highest BCUT2D eigenvalue weighted by molar-refractivity contribution is 7.89. The summed E-state index contributed by atoms with van der Waals surface area (Å²) in [4.78, 5) is -0.736. The number of sulfonamides is 1. The van der Waals surface area contributed by atoms with E-state index in [1.807, 2.05) is 0 Å². The van der Waals surface area contributed by atoms with Crippen LogP contribution in [-0.2, 0) is 20.9 Å². The van der Waals surface area contributed by atoms with Crippen LogP contribution in [0, 0.1) is 6.07 Å². The van der Waals surface area contributed by atoms with Gasteiger partial charge >= 0.3 is 6.18 Å². The van der Waals surface area contributed by atoms with Crippen LogP contribution in [0.4, 0.5) is 13.2 Å². The summed E-state index contributed by atoms with van der Waals surface area (Å²) in [5, 5.41) is 0. The first-order valence-electron chi connectivity index (χ1n) is 5.48. The van der Waals surface area contributed by atoms with Crippen LogP contribution in [0.3, 0.4) is 0 Å². The van der Waals surface area contributed by atoms with Crippen molar-refractivity contribution in [2.45, 2.75) is 11.1 Å². The van der Waals surface area contributed by atoms with Crippen molar-refractivity contribution in [1.29, 1.82) is 0 Å². The van der Waals surface area contributed by atoms with Crippen LogP contribution in [0.1, 0.15) is 5.56 Å². The maximum atomic E-state index is 12.8. The molecule has 1 aromatic carbocycles. The summed E-state index contributed by atoms with van der Waals surface area (Å²) in [5.74, 6) is 0. The predicted molar refractivity (Wildman–Crippen MR) is 59.9 cm³/mol. The van der Waals surface area contributed by atoms with Crippen molar-refractivity contribution in [2.75, 3.05) is 26.3 Å². The van der Waals surface area contributed by atoms with Gasteiger partial charge in [-0.15, -0.1) is 0 Å². The first-order chi connectivity index (χ1) is 8.83. The quantitative estimate of drug-likeness (QED) is 0.831. The lowest BCUT2D eigenvalue weighted by Gasteiger charge is -2.27. The number of ether oxygens (including phenoxy) is 1. The molecule has 1 saturated heterocycles. The Labute approximate surface area is 108 Å². The Hall–Kier alpha value is -1.12. The summed E-state index contributed by atoms with van der Waals surface area (Å²) in [6.45, 7) is 0.468. The SMILES string of the molecule is O=S(=O)(c1cc[c]cc1C(F)(F)F)N1CCOCC1. The van der Waals surface area contributed by atoms with Gasteiger partial charge in [0.25, 0.3) is 0 Å². The molecule has 105 valence electrons. The molecule has 1 aliphatic rings. The molecule has 19 heavy (non-hydrogen) atoms. The molecule has 0 unspecified atom stereocenters. The zero-order valence-electron chi connectivity index (χ0n) is 9.77. The Morgan fingerprint density at radius 2 is 1.89 bits per heavy atom. The molecule has 1 aromatic rings. The number of rotatable bonds is 2. The maximum absolute atomic E-state index is 12.8. The fourth-order valence-electron chi connectivity index (χ4n) is 1.79. The van der Waals surface area contributed by atoms with Crippen LogP contribution in [-0.4, -0.2) is 39.0 Å². The monoisotopic (exact) mass is 294 g/mol. The van der Waals surface area contributed by atoms with Crippen molar-refractivity contribution in [2.24, 2.45) is 0 Å². The van der Waals surface area contributed by atoms with Crippen LogP contribution in [0.5, 0.6) is 0 Å². The topological polar surface area (TPSA) is 46.6 Å². The molecule has 1 fully saturated rings. The second-order valence-corrected chi connectivity index (χ2v) is 5.84. The molecule has 2 rings (SSSR count). The van der Waals surface area contributed by atoms with Crippen molar-refractivity contribution in [3.05, 3.63) is 29.8 Å². The van der Waals surface area contributed by atoms with Gasteiger partial charge in [0.1, 0.15) is 0 Å². The van der Waals surface area contributed by atoms with Gasteiger partial charge in [-0.25, -0.2) is 8.42 Å². The summed E-state index contributed by atoms with van der Waals surface area (Å²) in [6.07, 6.45) is -4.73. The highest BCUT2D eigenvalue weighted by Crippen LogP contribution is 2.35. The van der Waals surface area contributed by atoms with Gasteiger partial charge in [0.15, 0.2) is 0 Å². The minimum atomic E-state index is -4.73. The Morgan fingerprint density at radius 1 is 1.26 bits per heavy atom. The molecule has 0 atom stereocenters. The van der Waals surface area contributed by atoms with Gasteiger partial charge in [-0.05, 0) is 18.2 Å². The van der Waals surface area contributed by atoms with Gasteiger partial charge in [0.05, 0.1) is 23.7 Å². The fourth-order valence-corrected chi connectivity index (χ4v) is 3.39. The van der Waals surface area contributed by atoms with Crippen molar-refractivity contribution >= 4 is 10.0 Å². The lowest BCUT2D eigenvalue weighted by Crippen LogP contribution is -2.41. The molecule has 0 saturated carbocycles. The van der Waals surface area contributed by atoms with Crippen molar-refractivity contribution in [1.82, 2.24) is 4.31 Å². The first-order valence-corrected chi connectivity index (χ1v) is 6.92. The second kappa shape index (κ2) is 5.10. The van der Waals surface area contributed by atoms with E-state index in [-0.39, 0.29) is 26.3 Å². The number of hydrogen-bond donors (Lipinski definition) is 0. The molecule has 0 spiro atoms. The molecule has 4 nitrogen and oxygen atoms in total. The van der Waals surface area contributed by atoms with E-state index in [0.717, 1.165) is 16.4 Å². The molecule has 8 heteroatoms. The van der Waals surface area contributed by atoms with Gasteiger partial charge in [-0.1, -0.05) is 6.07 Å². The molecule has 0 amide bonds. The molecule has 0 bridgehead atoms. The summed E-state index contributed by atoms with van der Waals surface area (Å²) in [5.41, 5.74) is -1.19. The fraction of sp³-hybridized carbons (Fsp3) is 0.455. The Bertz CT molecular complexity index is 551. The molecule has 0 N–H and O–H groups in total. The van der Waals surface area contributed by atoms with Crippen molar-refractivity contribution in [3.63, 3.8) is 0 Å². The molecule has 0 aliphatic carbocycles. The summed E-state index contributed by atoms with van der Waals surface area (Å²) in [6, 6.07) is 4.98. The zero-order chi connectivity index (χ0) is 14.1. The standard InChI is InChI=1S/C11H11F3NO3S/c12-11(13,14)9-3-1-2-4-10(9)19(16,17)15-5-7-18-8-6-15/h2-4H,5-8H2. The largest absolute Gasteiger partial charge is 0.417 e. The first kappa shape index (κ1) is 14.3. The zero-order valence-corrected chi connectivity index (χ0v) is 10.6. The van der Waals surface area contributed by atoms with E-state index in [0.29, 0.717) is 6.07 Å². The number of morpholine rings is 1. The minimum absolute atomic E-state index is 0.0538. The Balaban J connectivity index is 2.46. The summed E-state index contributed by atoms with van der Waals surface area (Å²) >= 11 is 0. The molecular formula is C11H11F3NO3S. The second-order valence-electron chi connectivity index (χ2n) is 3.94. The van der Waals surface area contributed by atoms with Crippen LogP contribution >= 0.6 is 0 Å². The number of halogens is 3. The third-order valence-electron chi connectivity index (χ3n) is 2.72. The van der Waals surface area contributed by atoms with E-state index >= 15 is 0 Å². The van der Waals surface area contributed by atoms with Crippen LogP contribution in [0.2, 0.25) is 0 Å². The Kier molecular flexibility index (Phi) is 3.84. The third-order valence-corrected chi connectivity index (χ3v) is 4.67. The smallest absolute Gasteiger partial charge is 0.379 e. The van der Waals surface area contributed by atoms with E-state index in [1.54, 1.807) is 0 Å². The summed E-state index contributed by atoms with van der Waals surface area (Å²) < 4.78 is 68.9. The Morgan fingerprint density at radius 3 is 2.47 bits per heavy atom. The highest BCUT2D eigenvalue weighted by atomic mass is 32.2. The number of hydrogen-bond acceptors (Lipinski definition) is 3. The van der Waals surface area contributed by atoms with Gasteiger partial charge in [-0.3, -0.25) is 0 Å². The van der Waals surface area contributed by atoms with E-state index in [9.17, 15) is 21.6 Å². The van der Waals surface area contributed by atoms with Crippen molar-refractivity contribution in [3.8, 4) is 0 Å². The number of benzene rings is 1. The lowest BCUT2D eigenvalue weighted by molar-refractivity contribution is -0.139. The average molecular weight is 294 g/mol. The number of alkyl halides is 3. The minimum Gasteiger partial charge on any atom is -0.379 e. The molecular weight excluding hydrogens is 283 g/mol. The average Bonchev–Trinajstić information content (AvgIpc) is 2.39. The van der Waals surface area contributed by atoms with Crippen LogP contribution in [0.15, 0.2) is 23.1 Å². The predicted octanol–water partition coefficient (Wildman–Crippen LogP) is 1.53. The summed E-state index contributed by atoms with van der Waals surface area (Å²) in [7, 11) is -4.16. The van der Waals surface area contributed by atoms with E-state index in [2.05, 4.69) is 6.07 Å². The molecule has 1 aliphatic heterocycles. The van der Waals surface area contributed by atoms with Gasteiger partial charge in [0, 0.05) is 13.1 Å². The van der Waals surface area contributed by atoms with E-state index in [1.165, 1.54) is 0 Å². The lowest BCUT2D eigenvalue weighted by atomic mass is 10.2. The van der Waals surface area contributed by atoms with Crippen LogP contribution < -0.4 is 0 Å². The molecule has 1 radical (unpaired) electrons. The van der Waals surface area contributed by atoms with E-state index in [4.69, 9.17) is 4.74 Å². The highest BCUT2D eigenvalue weighted by Gasteiger charge is 2.39. The van der Waals surface area contributed by atoms with Gasteiger partial charge < -0.3 is 4.74 Å². The molecule has 1 heterocycles. The van der Waals surface area contributed by atoms with Gasteiger partial charge in [-0.2, -0.15) is 17.5 Å². The van der Waals surface area contributed by atoms with Gasteiger partial charge in [0.2, 0.25) is 10.0 Å². The molecule has 0 aromatic heterocycles. The van der Waals surface area contributed by atoms with Crippen LogP contribution in [0.25, 0.3) is 0 Å².